The van der Waals surface area contributed by atoms with Gasteiger partial charge in [0.2, 0.25) is 0 Å². The van der Waals surface area contributed by atoms with Crippen LogP contribution in [0.5, 0.6) is 0 Å². The third-order valence-electron chi connectivity index (χ3n) is 3.87. The van der Waals surface area contributed by atoms with Crippen molar-refractivity contribution in [2.45, 2.75) is 45.1 Å². The first-order valence-corrected chi connectivity index (χ1v) is 7.42. The Morgan fingerprint density at radius 3 is 3.00 bits per heavy atom. The molecule has 1 saturated carbocycles. The molecular weight excluding hydrogens is 212 g/mol. The van der Waals surface area contributed by atoms with Gasteiger partial charge in [-0.1, -0.05) is 6.92 Å². The van der Waals surface area contributed by atoms with Gasteiger partial charge in [-0.3, -0.25) is 0 Å². The van der Waals surface area contributed by atoms with Crippen LogP contribution in [-0.2, 0) is 4.74 Å². The second kappa shape index (κ2) is 7.34. The highest BCUT2D eigenvalue weighted by atomic mass is 16.5. The van der Waals surface area contributed by atoms with Crippen molar-refractivity contribution in [1.29, 1.82) is 0 Å². The van der Waals surface area contributed by atoms with Crippen LogP contribution in [0.2, 0.25) is 0 Å². The lowest BCUT2D eigenvalue weighted by Crippen LogP contribution is -2.37. The highest BCUT2D eigenvalue weighted by Crippen LogP contribution is 2.28. The quantitative estimate of drug-likeness (QED) is 0.688. The smallest absolute Gasteiger partial charge is 0.0494 e. The fourth-order valence-electron chi connectivity index (χ4n) is 2.48. The first kappa shape index (κ1) is 13.3. The fourth-order valence-corrected chi connectivity index (χ4v) is 2.48. The van der Waals surface area contributed by atoms with Gasteiger partial charge in [0.15, 0.2) is 0 Å². The van der Waals surface area contributed by atoms with E-state index < -0.39 is 0 Å². The molecule has 1 saturated heterocycles. The molecule has 0 amide bonds. The Morgan fingerprint density at radius 2 is 2.24 bits per heavy atom. The lowest BCUT2D eigenvalue weighted by molar-refractivity contribution is 0.111. The zero-order valence-corrected chi connectivity index (χ0v) is 11.3. The van der Waals surface area contributed by atoms with Crippen LogP contribution in [0.3, 0.4) is 0 Å². The van der Waals surface area contributed by atoms with Gasteiger partial charge in [-0.15, -0.1) is 0 Å². The standard InChI is InChI=1S/C14H28N2O/c1-2-14-11-16(8-3-7-15-14)9-4-10-17-12-13-5-6-13/h13-15H,2-12H2,1H3. The summed E-state index contributed by atoms with van der Waals surface area (Å²) in [6.45, 7) is 9.12. The van der Waals surface area contributed by atoms with Gasteiger partial charge in [-0.05, 0) is 51.1 Å². The van der Waals surface area contributed by atoms with Crippen molar-refractivity contribution in [3.63, 3.8) is 0 Å². The molecule has 1 N–H and O–H groups in total. The van der Waals surface area contributed by atoms with Crippen LogP contribution < -0.4 is 5.32 Å². The van der Waals surface area contributed by atoms with Gasteiger partial charge in [0, 0.05) is 32.3 Å². The molecule has 0 aromatic carbocycles. The topological polar surface area (TPSA) is 24.5 Å². The summed E-state index contributed by atoms with van der Waals surface area (Å²) in [4.78, 5) is 2.61. The summed E-state index contributed by atoms with van der Waals surface area (Å²) in [5.74, 6) is 0.904. The number of hydrogen-bond acceptors (Lipinski definition) is 3. The van der Waals surface area contributed by atoms with E-state index in [2.05, 4.69) is 17.1 Å². The molecule has 2 fully saturated rings. The molecule has 1 aliphatic heterocycles. The molecule has 100 valence electrons. The zero-order valence-electron chi connectivity index (χ0n) is 11.3. The lowest BCUT2D eigenvalue weighted by atomic mass is 10.2. The normalized spacial score (nSPS) is 27.0. The molecule has 0 radical (unpaired) electrons. The summed E-state index contributed by atoms with van der Waals surface area (Å²) in [6.07, 6.45) is 6.53. The summed E-state index contributed by atoms with van der Waals surface area (Å²) in [7, 11) is 0. The lowest BCUT2D eigenvalue weighted by Gasteiger charge is -2.23. The van der Waals surface area contributed by atoms with E-state index in [1.54, 1.807) is 0 Å². The van der Waals surface area contributed by atoms with Gasteiger partial charge in [-0.2, -0.15) is 0 Å². The highest BCUT2D eigenvalue weighted by Gasteiger charge is 2.21. The maximum Gasteiger partial charge on any atom is 0.0494 e. The maximum absolute atomic E-state index is 5.69. The first-order valence-electron chi connectivity index (χ1n) is 7.42. The number of rotatable bonds is 7. The summed E-state index contributed by atoms with van der Waals surface area (Å²) in [5.41, 5.74) is 0. The Kier molecular flexibility index (Phi) is 5.75. The van der Waals surface area contributed by atoms with Crippen LogP contribution in [0.25, 0.3) is 0 Å². The zero-order chi connectivity index (χ0) is 11.9. The molecular formula is C14H28N2O. The Hall–Kier alpha value is -0.120. The molecule has 1 unspecified atom stereocenters. The molecule has 0 aromatic heterocycles. The summed E-state index contributed by atoms with van der Waals surface area (Å²) in [5, 5.41) is 3.61. The van der Waals surface area contributed by atoms with Gasteiger partial charge in [0.1, 0.15) is 0 Å². The van der Waals surface area contributed by atoms with E-state index in [1.807, 2.05) is 0 Å². The van der Waals surface area contributed by atoms with Crippen molar-refractivity contribution in [1.82, 2.24) is 10.2 Å². The van der Waals surface area contributed by atoms with Crippen LogP contribution in [0.1, 0.15) is 39.0 Å². The SMILES string of the molecule is CCC1CN(CCCOCC2CC2)CCCN1. The third kappa shape index (κ3) is 5.36. The van der Waals surface area contributed by atoms with Crippen molar-refractivity contribution in [2.75, 3.05) is 39.4 Å². The van der Waals surface area contributed by atoms with Crippen molar-refractivity contribution in [3.05, 3.63) is 0 Å². The van der Waals surface area contributed by atoms with E-state index in [0.717, 1.165) is 19.1 Å². The maximum atomic E-state index is 5.69. The molecule has 0 aromatic rings. The predicted molar refractivity (Wildman–Crippen MR) is 71.3 cm³/mol. The van der Waals surface area contributed by atoms with Crippen LogP contribution >= 0.6 is 0 Å². The van der Waals surface area contributed by atoms with Gasteiger partial charge in [0.25, 0.3) is 0 Å². The van der Waals surface area contributed by atoms with E-state index in [-0.39, 0.29) is 0 Å². The van der Waals surface area contributed by atoms with Crippen molar-refractivity contribution in [3.8, 4) is 0 Å². The minimum absolute atomic E-state index is 0.699. The van der Waals surface area contributed by atoms with Crippen molar-refractivity contribution >= 4 is 0 Å². The third-order valence-corrected chi connectivity index (χ3v) is 3.87. The van der Waals surface area contributed by atoms with Crippen molar-refractivity contribution < 1.29 is 4.74 Å². The molecule has 2 rings (SSSR count). The minimum atomic E-state index is 0.699. The van der Waals surface area contributed by atoms with Crippen LogP contribution in [0.4, 0.5) is 0 Å². The number of nitrogens with zero attached hydrogens (tertiary/aromatic N) is 1. The van der Waals surface area contributed by atoms with Gasteiger partial charge >= 0.3 is 0 Å². The van der Waals surface area contributed by atoms with Crippen LogP contribution in [-0.4, -0.2) is 50.3 Å². The van der Waals surface area contributed by atoms with Crippen molar-refractivity contribution in [2.24, 2.45) is 5.92 Å². The molecule has 3 nitrogen and oxygen atoms in total. The Balaban J connectivity index is 1.53. The molecule has 1 heterocycles. The largest absolute Gasteiger partial charge is 0.381 e. The molecule has 1 aliphatic carbocycles. The second-order valence-corrected chi connectivity index (χ2v) is 5.59. The molecule has 3 heteroatoms. The van der Waals surface area contributed by atoms with Crippen LogP contribution in [0, 0.1) is 5.92 Å². The Bertz CT molecular complexity index is 206. The van der Waals surface area contributed by atoms with E-state index in [9.17, 15) is 0 Å². The van der Waals surface area contributed by atoms with E-state index >= 15 is 0 Å². The Morgan fingerprint density at radius 1 is 1.35 bits per heavy atom. The predicted octanol–water partition coefficient (Wildman–Crippen LogP) is 1.88. The Labute approximate surface area is 106 Å². The summed E-state index contributed by atoms with van der Waals surface area (Å²) >= 11 is 0. The monoisotopic (exact) mass is 240 g/mol. The van der Waals surface area contributed by atoms with E-state index in [1.165, 1.54) is 58.3 Å². The average Bonchev–Trinajstić information content (AvgIpc) is 3.15. The highest BCUT2D eigenvalue weighted by molar-refractivity contribution is 4.75. The van der Waals surface area contributed by atoms with E-state index in [0.29, 0.717) is 6.04 Å². The molecule has 1 atom stereocenters. The first-order chi connectivity index (χ1) is 8.38. The summed E-state index contributed by atoms with van der Waals surface area (Å²) < 4.78 is 5.69. The van der Waals surface area contributed by atoms with Gasteiger partial charge in [-0.25, -0.2) is 0 Å². The average molecular weight is 240 g/mol. The van der Waals surface area contributed by atoms with Gasteiger partial charge in [0.05, 0.1) is 0 Å². The molecule has 0 bridgehead atoms. The molecule has 2 aliphatic rings. The summed E-state index contributed by atoms with van der Waals surface area (Å²) in [6, 6.07) is 0.699. The number of nitrogens with one attached hydrogen (secondary N) is 1. The number of ether oxygens (including phenoxy) is 1. The minimum Gasteiger partial charge on any atom is -0.381 e. The van der Waals surface area contributed by atoms with Gasteiger partial charge < -0.3 is 15.0 Å². The second-order valence-electron chi connectivity index (χ2n) is 5.59. The van der Waals surface area contributed by atoms with Crippen LogP contribution in [0.15, 0.2) is 0 Å². The molecule has 0 spiro atoms. The number of hydrogen-bond donors (Lipinski definition) is 1. The molecule has 17 heavy (non-hydrogen) atoms. The van der Waals surface area contributed by atoms with E-state index in [4.69, 9.17) is 4.74 Å². The fraction of sp³-hybridized carbons (Fsp3) is 1.00.